The molecule has 2 aromatic heterocycles. The van der Waals surface area contributed by atoms with E-state index in [1.54, 1.807) is 11.3 Å². The van der Waals surface area contributed by atoms with E-state index in [-0.39, 0.29) is 11.5 Å². The Morgan fingerprint density at radius 1 is 1.41 bits per heavy atom. The maximum atomic E-state index is 12.3. The Morgan fingerprint density at radius 3 is 3.00 bits per heavy atom. The number of hydrogen-bond acceptors (Lipinski definition) is 5. The third kappa shape index (κ3) is 1.77. The van der Waals surface area contributed by atoms with Gasteiger partial charge in [-0.15, -0.1) is 0 Å². The molecule has 2 aliphatic heterocycles. The van der Waals surface area contributed by atoms with Crippen LogP contribution in [0.5, 0.6) is 0 Å². The summed E-state index contributed by atoms with van der Waals surface area (Å²) in [6.07, 6.45) is 4.33. The summed E-state index contributed by atoms with van der Waals surface area (Å²) in [7, 11) is 0. The zero-order chi connectivity index (χ0) is 14.7. The van der Waals surface area contributed by atoms with Crippen molar-refractivity contribution in [1.82, 2.24) is 14.9 Å². The highest BCUT2D eigenvalue weighted by Crippen LogP contribution is 2.44. The molecule has 1 spiro atoms. The fraction of sp³-hybridized carbons (Fsp3) is 0.438. The molecular formula is C16H15N3O2S. The number of hydrogen-bond donors (Lipinski definition) is 0. The average molecular weight is 313 g/mol. The molecule has 1 saturated carbocycles. The van der Waals surface area contributed by atoms with Gasteiger partial charge in [-0.3, -0.25) is 4.79 Å². The van der Waals surface area contributed by atoms with Crippen LogP contribution in [-0.2, 0) is 16.9 Å². The van der Waals surface area contributed by atoms with Crippen LogP contribution in [0.2, 0.25) is 0 Å². The fourth-order valence-electron chi connectivity index (χ4n) is 3.29. The van der Waals surface area contributed by atoms with Crippen molar-refractivity contribution in [3.05, 3.63) is 45.7 Å². The third-order valence-corrected chi connectivity index (χ3v) is 5.44. The first-order valence-corrected chi connectivity index (χ1v) is 8.51. The van der Waals surface area contributed by atoms with E-state index < -0.39 is 0 Å². The minimum atomic E-state index is -0.372. The molecule has 112 valence electrons. The number of thiophene rings is 1. The predicted octanol–water partition coefficient (Wildman–Crippen LogP) is 2.30. The molecule has 0 N–H and O–H groups in total. The van der Waals surface area contributed by atoms with E-state index in [2.05, 4.69) is 9.97 Å². The maximum absolute atomic E-state index is 12.3. The van der Waals surface area contributed by atoms with Crippen LogP contribution in [0, 0.1) is 0 Å². The summed E-state index contributed by atoms with van der Waals surface area (Å²) in [5, 5.41) is 3.82. The van der Waals surface area contributed by atoms with E-state index >= 15 is 0 Å². The molecule has 5 nitrogen and oxygen atoms in total. The van der Waals surface area contributed by atoms with Gasteiger partial charge in [-0.1, -0.05) is 0 Å². The van der Waals surface area contributed by atoms with Crippen LogP contribution in [0.25, 0.3) is 0 Å². The van der Waals surface area contributed by atoms with Crippen molar-refractivity contribution in [3.8, 4) is 0 Å². The predicted molar refractivity (Wildman–Crippen MR) is 80.7 cm³/mol. The standard InChI is InChI=1S/C16H15N3O2S/c20-15(11-3-4-22-7-11)19-8-16(9-19)12-5-17-14(10-1-2-10)18-13(12)6-21-16/h3-5,7,10H,1-2,6,8-9H2. The number of rotatable bonds is 2. The van der Waals surface area contributed by atoms with Gasteiger partial charge in [0.15, 0.2) is 0 Å². The highest BCUT2D eigenvalue weighted by atomic mass is 32.1. The first-order chi connectivity index (χ1) is 10.8. The lowest BCUT2D eigenvalue weighted by Gasteiger charge is -2.47. The highest BCUT2D eigenvalue weighted by Gasteiger charge is 2.52. The molecule has 0 radical (unpaired) electrons. The number of amides is 1. The fourth-order valence-corrected chi connectivity index (χ4v) is 3.92. The van der Waals surface area contributed by atoms with Gasteiger partial charge in [0.25, 0.3) is 5.91 Å². The molecule has 0 aromatic carbocycles. The Morgan fingerprint density at radius 2 is 2.27 bits per heavy atom. The van der Waals surface area contributed by atoms with Gasteiger partial charge in [-0.25, -0.2) is 9.97 Å². The second-order valence-corrected chi connectivity index (χ2v) is 7.10. The number of likely N-dealkylation sites (tertiary alicyclic amines) is 1. The van der Waals surface area contributed by atoms with Gasteiger partial charge in [-0.05, 0) is 24.3 Å². The molecule has 1 amide bonds. The van der Waals surface area contributed by atoms with E-state index in [9.17, 15) is 4.79 Å². The Hall–Kier alpha value is -1.79. The molecule has 1 saturated heterocycles. The van der Waals surface area contributed by atoms with Crippen molar-refractivity contribution in [2.24, 2.45) is 0 Å². The van der Waals surface area contributed by atoms with Gasteiger partial charge in [0.2, 0.25) is 0 Å². The van der Waals surface area contributed by atoms with Gasteiger partial charge < -0.3 is 9.64 Å². The number of aromatic nitrogens is 2. The van der Waals surface area contributed by atoms with Crippen molar-refractivity contribution in [2.45, 2.75) is 31.0 Å². The Bertz CT molecular complexity index is 749. The Kier molecular flexibility index (Phi) is 2.52. The molecular weight excluding hydrogens is 298 g/mol. The molecule has 1 aliphatic carbocycles. The molecule has 22 heavy (non-hydrogen) atoms. The van der Waals surface area contributed by atoms with Gasteiger partial charge in [-0.2, -0.15) is 11.3 Å². The van der Waals surface area contributed by atoms with Crippen LogP contribution < -0.4 is 0 Å². The third-order valence-electron chi connectivity index (χ3n) is 4.75. The van der Waals surface area contributed by atoms with Gasteiger partial charge >= 0.3 is 0 Å². The number of carbonyl (C=O) groups excluding carboxylic acids is 1. The zero-order valence-electron chi connectivity index (χ0n) is 12.0. The maximum Gasteiger partial charge on any atom is 0.254 e. The van der Waals surface area contributed by atoms with Crippen LogP contribution in [0.15, 0.2) is 23.0 Å². The summed E-state index contributed by atoms with van der Waals surface area (Å²) in [5.41, 5.74) is 2.48. The molecule has 5 rings (SSSR count). The molecule has 2 aromatic rings. The van der Waals surface area contributed by atoms with Crippen molar-refractivity contribution >= 4 is 17.2 Å². The highest BCUT2D eigenvalue weighted by molar-refractivity contribution is 7.08. The number of nitrogens with zero attached hydrogens (tertiary/aromatic N) is 3. The summed E-state index contributed by atoms with van der Waals surface area (Å²) < 4.78 is 6.01. The molecule has 2 fully saturated rings. The summed E-state index contributed by atoms with van der Waals surface area (Å²) in [6, 6.07) is 1.87. The van der Waals surface area contributed by atoms with Crippen molar-refractivity contribution in [2.75, 3.05) is 13.1 Å². The second kappa shape index (κ2) is 4.36. The molecule has 0 unspecified atom stereocenters. The quantitative estimate of drug-likeness (QED) is 0.853. The summed E-state index contributed by atoms with van der Waals surface area (Å²) in [5.74, 6) is 1.60. The van der Waals surface area contributed by atoms with Crippen LogP contribution in [0.4, 0.5) is 0 Å². The first kappa shape index (κ1) is 12.7. The molecule has 4 heterocycles. The smallest absolute Gasteiger partial charge is 0.254 e. The zero-order valence-corrected chi connectivity index (χ0v) is 12.8. The average Bonchev–Trinajstić information content (AvgIpc) is 3.07. The van der Waals surface area contributed by atoms with E-state index in [0.717, 1.165) is 22.6 Å². The van der Waals surface area contributed by atoms with E-state index in [0.29, 0.717) is 25.6 Å². The van der Waals surface area contributed by atoms with Crippen LogP contribution in [0.3, 0.4) is 0 Å². The number of fused-ring (bicyclic) bond motifs is 2. The first-order valence-electron chi connectivity index (χ1n) is 7.57. The number of carbonyl (C=O) groups is 1. The van der Waals surface area contributed by atoms with Crippen LogP contribution in [-0.4, -0.2) is 33.9 Å². The minimum Gasteiger partial charge on any atom is -0.360 e. The normalized spacial score (nSPS) is 21.7. The lowest BCUT2D eigenvalue weighted by Crippen LogP contribution is -2.61. The van der Waals surface area contributed by atoms with Gasteiger partial charge in [0, 0.05) is 23.1 Å². The lowest BCUT2D eigenvalue weighted by molar-refractivity contribution is -0.126. The van der Waals surface area contributed by atoms with E-state index in [1.807, 2.05) is 27.9 Å². The van der Waals surface area contributed by atoms with Crippen LogP contribution >= 0.6 is 11.3 Å². The molecule has 6 heteroatoms. The van der Waals surface area contributed by atoms with E-state index in [4.69, 9.17) is 4.74 Å². The summed E-state index contributed by atoms with van der Waals surface area (Å²) in [4.78, 5) is 23.4. The lowest BCUT2D eigenvalue weighted by atomic mass is 9.87. The topological polar surface area (TPSA) is 55.3 Å². The monoisotopic (exact) mass is 313 g/mol. The van der Waals surface area contributed by atoms with Crippen molar-refractivity contribution < 1.29 is 9.53 Å². The van der Waals surface area contributed by atoms with Crippen molar-refractivity contribution in [3.63, 3.8) is 0 Å². The van der Waals surface area contributed by atoms with Gasteiger partial charge in [0.05, 0.1) is 31.0 Å². The van der Waals surface area contributed by atoms with E-state index in [1.165, 1.54) is 12.8 Å². The van der Waals surface area contributed by atoms with Gasteiger partial charge in [0.1, 0.15) is 11.4 Å². The Labute approximate surface area is 132 Å². The second-order valence-electron chi connectivity index (χ2n) is 6.32. The van der Waals surface area contributed by atoms with Crippen LogP contribution in [0.1, 0.15) is 46.2 Å². The molecule has 3 aliphatic rings. The number of ether oxygens (including phenoxy) is 1. The van der Waals surface area contributed by atoms with Crippen molar-refractivity contribution in [1.29, 1.82) is 0 Å². The largest absolute Gasteiger partial charge is 0.360 e. The minimum absolute atomic E-state index is 0.0828. The molecule has 0 atom stereocenters. The summed E-state index contributed by atoms with van der Waals surface area (Å²) >= 11 is 1.54. The molecule has 0 bridgehead atoms. The Balaban J connectivity index is 1.37. The SMILES string of the molecule is O=C(c1ccsc1)N1CC2(C1)OCc1nc(C3CC3)ncc12. The summed E-state index contributed by atoms with van der Waals surface area (Å²) in [6.45, 7) is 1.74.